The van der Waals surface area contributed by atoms with E-state index in [-0.39, 0.29) is 11.5 Å². The molecule has 0 aliphatic carbocycles. The first-order chi connectivity index (χ1) is 11.0. The highest BCUT2D eigenvalue weighted by atomic mass is 79.9. The van der Waals surface area contributed by atoms with Crippen LogP contribution in [0, 0.1) is 0 Å². The van der Waals surface area contributed by atoms with E-state index in [1.54, 1.807) is 25.3 Å². The van der Waals surface area contributed by atoms with Gasteiger partial charge in [0.05, 0.1) is 6.61 Å². The summed E-state index contributed by atoms with van der Waals surface area (Å²) in [6, 6.07) is 11.0. The van der Waals surface area contributed by atoms with Crippen LogP contribution in [0.3, 0.4) is 0 Å². The smallest absolute Gasteiger partial charge is 0.121 e. The summed E-state index contributed by atoms with van der Waals surface area (Å²) in [4.78, 5) is 2.20. The standard InChI is InChI=1S/C18H22BrNO3/c1-20(8-7-13-3-5-16(21)6-4-13)11-14-10-18(22)15(12-23-2)9-17(14)19/h3-6,9-10,21-22H,7-8,11-12H2,1-2H3. The number of nitrogens with zero attached hydrogens (tertiary/aromatic N) is 1. The molecule has 23 heavy (non-hydrogen) atoms. The van der Waals surface area contributed by atoms with Crippen LogP contribution < -0.4 is 0 Å². The summed E-state index contributed by atoms with van der Waals surface area (Å²) in [6.07, 6.45) is 0.905. The van der Waals surface area contributed by atoms with Crippen molar-refractivity contribution in [3.63, 3.8) is 0 Å². The quantitative estimate of drug-likeness (QED) is 0.770. The summed E-state index contributed by atoms with van der Waals surface area (Å²) < 4.78 is 6.04. The predicted octanol–water partition coefficient (Wildman–Crippen LogP) is 3.68. The highest BCUT2D eigenvalue weighted by Gasteiger charge is 2.10. The Morgan fingerprint density at radius 3 is 2.43 bits per heavy atom. The number of hydrogen-bond acceptors (Lipinski definition) is 4. The van der Waals surface area contributed by atoms with Gasteiger partial charge in [0.2, 0.25) is 0 Å². The normalized spacial score (nSPS) is 11.1. The maximum atomic E-state index is 10.1. The van der Waals surface area contributed by atoms with E-state index in [1.807, 2.05) is 25.2 Å². The molecular formula is C18H22BrNO3. The Balaban J connectivity index is 1.95. The minimum absolute atomic E-state index is 0.261. The number of rotatable bonds is 7. The van der Waals surface area contributed by atoms with E-state index < -0.39 is 0 Å². The van der Waals surface area contributed by atoms with Gasteiger partial charge in [0.15, 0.2) is 0 Å². The van der Waals surface area contributed by atoms with Crippen LogP contribution in [0.5, 0.6) is 11.5 Å². The highest BCUT2D eigenvalue weighted by Crippen LogP contribution is 2.28. The van der Waals surface area contributed by atoms with Gasteiger partial charge in [-0.05, 0) is 48.9 Å². The molecule has 124 valence electrons. The maximum Gasteiger partial charge on any atom is 0.121 e. The van der Waals surface area contributed by atoms with Crippen molar-refractivity contribution in [2.45, 2.75) is 19.6 Å². The molecule has 0 aliphatic rings. The van der Waals surface area contributed by atoms with Gasteiger partial charge in [-0.3, -0.25) is 0 Å². The van der Waals surface area contributed by atoms with Crippen LogP contribution in [0.25, 0.3) is 0 Å². The van der Waals surface area contributed by atoms with Crippen LogP contribution in [0.4, 0.5) is 0 Å². The van der Waals surface area contributed by atoms with Crippen molar-refractivity contribution in [1.29, 1.82) is 0 Å². The summed E-state index contributed by atoms with van der Waals surface area (Å²) in [5, 5.41) is 19.3. The number of ether oxygens (including phenoxy) is 1. The zero-order valence-corrected chi connectivity index (χ0v) is 15.0. The molecule has 5 heteroatoms. The van der Waals surface area contributed by atoms with Crippen molar-refractivity contribution in [3.8, 4) is 11.5 Å². The van der Waals surface area contributed by atoms with Crippen molar-refractivity contribution < 1.29 is 14.9 Å². The number of hydrogen-bond donors (Lipinski definition) is 2. The van der Waals surface area contributed by atoms with Crippen LogP contribution in [0.2, 0.25) is 0 Å². The first-order valence-corrected chi connectivity index (χ1v) is 8.24. The summed E-state index contributed by atoms with van der Waals surface area (Å²) >= 11 is 3.56. The maximum absolute atomic E-state index is 10.1. The molecule has 0 unspecified atom stereocenters. The van der Waals surface area contributed by atoms with Crippen molar-refractivity contribution in [2.75, 3.05) is 20.7 Å². The predicted molar refractivity (Wildman–Crippen MR) is 94.7 cm³/mol. The minimum Gasteiger partial charge on any atom is -0.508 e. The lowest BCUT2D eigenvalue weighted by atomic mass is 10.1. The Hall–Kier alpha value is -1.56. The third-order valence-corrected chi connectivity index (χ3v) is 4.44. The molecule has 0 atom stereocenters. The fourth-order valence-corrected chi connectivity index (χ4v) is 2.91. The lowest BCUT2D eigenvalue weighted by Gasteiger charge is -2.18. The number of methoxy groups -OCH3 is 1. The molecule has 0 aromatic heterocycles. The van der Waals surface area contributed by atoms with Gasteiger partial charge in [0, 0.05) is 30.2 Å². The zero-order valence-electron chi connectivity index (χ0n) is 13.4. The number of benzene rings is 2. The molecule has 0 aliphatic heterocycles. The SMILES string of the molecule is COCc1cc(Br)c(CN(C)CCc2ccc(O)cc2)cc1O. The molecule has 2 aromatic rings. The Kier molecular flexibility index (Phi) is 6.45. The zero-order chi connectivity index (χ0) is 16.8. The van der Waals surface area contributed by atoms with Crippen LogP contribution in [0.15, 0.2) is 40.9 Å². The summed E-state index contributed by atoms with van der Waals surface area (Å²) in [5.74, 6) is 0.551. The molecule has 0 spiro atoms. The summed E-state index contributed by atoms with van der Waals surface area (Å²) in [5.41, 5.74) is 3.00. The van der Waals surface area contributed by atoms with Crippen LogP contribution in [-0.4, -0.2) is 35.8 Å². The Labute approximate surface area is 145 Å². The number of likely N-dealkylation sites (N-methyl/N-ethyl adjacent to an activating group) is 1. The average molecular weight is 380 g/mol. The summed E-state index contributed by atoms with van der Waals surface area (Å²) in [7, 11) is 3.66. The van der Waals surface area contributed by atoms with E-state index in [2.05, 4.69) is 20.8 Å². The molecule has 0 saturated carbocycles. The molecule has 2 rings (SSSR count). The number of phenols is 2. The largest absolute Gasteiger partial charge is 0.508 e. The van der Waals surface area contributed by atoms with E-state index in [4.69, 9.17) is 4.74 Å². The molecule has 2 aromatic carbocycles. The first kappa shape index (κ1) is 17.8. The van der Waals surface area contributed by atoms with Gasteiger partial charge >= 0.3 is 0 Å². The van der Waals surface area contributed by atoms with Gasteiger partial charge in [-0.25, -0.2) is 0 Å². The van der Waals surface area contributed by atoms with Crippen molar-refractivity contribution >= 4 is 15.9 Å². The lowest BCUT2D eigenvalue weighted by molar-refractivity contribution is 0.182. The number of aromatic hydroxyl groups is 2. The third-order valence-electron chi connectivity index (χ3n) is 3.71. The fourth-order valence-electron chi connectivity index (χ4n) is 2.39. The van der Waals surface area contributed by atoms with E-state index in [0.717, 1.165) is 35.1 Å². The van der Waals surface area contributed by atoms with Crippen molar-refractivity contribution in [1.82, 2.24) is 4.90 Å². The first-order valence-electron chi connectivity index (χ1n) is 7.45. The Morgan fingerprint density at radius 2 is 1.78 bits per heavy atom. The number of halogens is 1. The van der Waals surface area contributed by atoms with Gasteiger partial charge in [-0.1, -0.05) is 28.1 Å². The average Bonchev–Trinajstić information content (AvgIpc) is 2.52. The van der Waals surface area contributed by atoms with Crippen LogP contribution in [0.1, 0.15) is 16.7 Å². The van der Waals surface area contributed by atoms with Crippen LogP contribution >= 0.6 is 15.9 Å². The van der Waals surface area contributed by atoms with Crippen LogP contribution in [-0.2, 0) is 24.3 Å². The van der Waals surface area contributed by atoms with E-state index in [1.165, 1.54) is 5.56 Å². The third kappa shape index (κ3) is 5.23. The minimum atomic E-state index is 0.261. The molecule has 0 bridgehead atoms. The van der Waals surface area contributed by atoms with Gasteiger partial charge in [-0.15, -0.1) is 0 Å². The lowest BCUT2D eigenvalue weighted by Crippen LogP contribution is -2.21. The Bertz CT molecular complexity index is 643. The molecule has 0 heterocycles. The van der Waals surface area contributed by atoms with E-state index in [0.29, 0.717) is 6.61 Å². The van der Waals surface area contributed by atoms with Gasteiger partial charge in [-0.2, -0.15) is 0 Å². The summed E-state index contributed by atoms with van der Waals surface area (Å²) in [6.45, 7) is 2.01. The Morgan fingerprint density at radius 1 is 1.09 bits per heavy atom. The van der Waals surface area contributed by atoms with Gasteiger partial charge in [0.1, 0.15) is 11.5 Å². The molecule has 0 amide bonds. The van der Waals surface area contributed by atoms with Gasteiger partial charge in [0.25, 0.3) is 0 Å². The molecular weight excluding hydrogens is 358 g/mol. The van der Waals surface area contributed by atoms with Crippen molar-refractivity contribution in [2.24, 2.45) is 0 Å². The highest BCUT2D eigenvalue weighted by molar-refractivity contribution is 9.10. The molecule has 4 nitrogen and oxygen atoms in total. The monoisotopic (exact) mass is 379 g/mol. The van der Waals surface area contributed by atoms with Crippen molar-refractivity contribution in [3.05, 3.63) is 57.6 Å². The second kappa shape index (κ2) is 8.34. The fraction of sp³-hybridized carbons (Fsp3) is 0.333. The molecule has 0 saturated heterocycles. The second-order valence-electron chi connectivity index (χ2n) is 5.66. The molecule has 0 radical (unpaired) electrons. The second-order valence-corrected chi connectivity index (χ2v) is 6.51. The van der Waals surface area contributed by atoms with Gasteiger partial charge < -0.3 is 19.8 Å². The van der Waals surface area contributed by atoms with E-state index in [9.17, 15) is 10.2 Å². The molecule has 0 fully saturated rings. The van der Waals surface area contributed by atoms with E-state index >= 15 is 0 Å². The number of phenolic OH excluding ortho intramolecular Hbond substituents is 2. The topological polar surface area (TPSA) is 52.9 Å². The molecule has 2 N–H and O–H groups in total.